The predicted octanol–water partition coefficient (Wildman–Crippen LogP) is 2.41. The molecule has 0 aliphatic heterocycles. The third-order valence-corrected chi connectivity index (χ3v) is 3.30. The van der Waals surface area contributed by atoms with E-state index in [-0.39, 0.29) is 12.5 Å². The molecule has 3 N–H and O–H groups in total. The lowest BCUT2D eigenvalue weighted by Gasteiger charge is -2.11. The van der Waals surface area contributed by atoms with Crippen LogP contribution >= 0.6 is 0 Å². The van der Waals surface area contributed by atoms with Gasteiger partial charge in [-0.2, -0.15) is 0 Å². The first-order chi connectivity index (χ1) is 8.75. The Hall–Kier alpha value is -1.55. The maximum absolute atomic E-state index is 11.6. The summed E-state index contributed by atoms with van der Waals surface area (Å²) in [6.45, 7) is 0.794. The molecule has 1 saturated carbocycles. The van der Waals surface area contributed by atoms with Crippen LogP contribution in [0.25, 0.3) is 0 Å². The summed E-state index contributed by atoms with van der Waals surface area (Å²) in [5, 5.41) is 2.75. The fourth-order valence-electron chi connectivity index (χ4n) is 2.29. The molecule has 1 aliphatic rings. The van der Waals surface area contributed by atoms with Gasteiger partial charge in [0.25, 0.3) is 0 Å². The second-order valence-electron chi connectivity index (χ2n) is 4.80. The molecule has 4 heteroatoms. The standard InChI is InChI=1S/C14H20N2O2/c15-12-7-3-4-8-13(12)16-14(17)10-18-9-11-5-1-2-6-11/h3-4,7-8,11H,1-2,5-6,9-10,15H2,(H,16,17). The van der Waals surface area contributed by atoms with Gasteiger partial charge in [-0.1, -0.05) is 25.0 Å². The minimum absolute atomic E-state index is 0.102. The van der Waals surface area contributed by atoms with Crippen molar-refractivity contribution in [1.82, 2.24) is 0 Å². The lowest BCUT2D eigenvalue weighted by molar-refractivity contribution is -0.121. The van der Waals surface area contributed by atoms with Gasteiger partial charge in [0.1, 0.15) is 6.61 Å². The summed E-state index contributed by atoms with van der Waals surface area (Å²) in [6.07, 6.45) is 5.04. The lowest BCUT2D eigenvalue weighted by Crippen LogP contribution is -2.20. The van der Waals surface area contributed by atoms with Gasteiger partial charge in [-0.05, 0) is 30.9 Å². The summed E-state index contributed by atoms with van der Waals surface area (Å²) in [7, 11) is 0. The first-order valence-electron chi connectivity index (χ1n) is 6.48. The van der Waals surface area contributed by atoms with Gasteiger partial charge < -0.3 is 15.8 Å². The lowest BCUT2D eigenvalue weighted by atomic mass is 10.1. The van der Waals surface area contributed by atoms with Gasteiger partial charge in [-0.15, -0.1) is 0 Å². The van der Waals surface area contributed by atoms with Crippen LogP contribution in [-0.4, -0.2) is 19.1 Å². The molecule has 0 radical (unpaired) electrons. The van der Waals surface area contributed by atoms with Crippen molar-refractivity contribution in [2.75, 3.05) is 24.3 Å². The van der Waals surface area contributed by atoms with Crippen LogP contribution in [0.3, 0.4) is 0 Å². The molecule has 0 atom stereocenters. The Morgan fingerprint density at radius 3 is 2.78 bits per heavy atom. The smallest absolute Gasteiger partial charge is 0.250 e. The fraction of sp³-hybridized carbons (Fsp3) is 0.500. The normalized spacial score (nSPS) is 15.8. The van der Waals surface area contributed by atoms with Gasteiger partial charge >= 0.3 is 0 Å². The molecule has 0 bridgehead atoms. The first kappa shape index (κ1) is 12.9. The fourth-order valence-corrected chi connectivity index (χ4v) is 2.29. The second-order valence-corrected chi connectivity index (χ2v) is 4.80. The summed E-state index contributed by atoms with van der Waals surface area (Å²) in [6, 6.07) is 7.21. The topological polar surface area (TPSA) is 64.3 Å². The minimum Gasteiger partial charge on any atom is -0.397 e. The van der Waals surface area contributed by atoms with E-state index in [1.165, 1.54) is 25.7 Å². The third-order valence-electron chi connectivity index (χ3n) is 3.30. The summed E-state index contributed by atoms with van der Waals surface area (Å²) >= 11 is 0. The van der Waals surface area contributed by atoms with Gasteiger partial charge in [0.15, 0.2) is 0 Å². The molecular formula is C14H20N2O2. The average Bonchev–Trinajstić information content (AvgIpc) is 2.85. The molecule has 1 aromatic carbocycles. The molecule has 4 nitrogen and oxygen atoms in total. The Balaban J connectivity index is 1.70. The monoisotopic (exact) mass is 248 g/mol. The van der Waals surface area contributed by atoms with Crippen molar-refractivity contribution in [3.8, 4) is 0 Å². The molecule has 98 valence electrons. The van der Waals surface area contributed by atoms with Gasteiger partial charge in [0.05, 0.1) is 18.0 Å². The van der Waals surface area contributed by atoms with Gasteiger partial charge in [0, 0.05) is 0 Å². The van der Waals surface area contributed by atoms with Crippen LogP contribution < -0.4 is 11.1 Å². The van der Waals surface area contributed by atoms with Crippen molar-refractivity contribution in [2.45, 2.75) is 25.7 Å². The quantitative estimate of drug-likeness (QED) is 0.786. The summed E-state index contributed by atoms with van der Waals surface area (Å²) in [4.78, 5) is 11.6. The number of carbonyl (C=O) groups is 1. The van der Waals surface area contributed by atoms with Crippen molar-refractivity contribution in [2.24, 2.45) is 5.92 Å². The van der Waals surface area contributed by atoms with Gasteiger partial charge in [0.2, 0.25) is 5.91 Å². The Labute approximate surface area is 108 Å². The number of nitrogens with two attached hydrogens (primary N) is 1. The molecule has 1 amide bonds. The highest BCUT2D eigenvalue weighted by atomic mass is 16.5. The molecule has 0 unspecified atom stereocenters. The number of para-hydroxylation sites is 2. The SMILES string of the molecule is Nc1ccccc1NC(=O)COCC1CCCC1. The molecule has 0 aromatic heterocycles. The van der Waals surface area contributed by atoms with E-state index < -0.39 is 0 Å². The zero-order valence-corrected chi connectivity index (χ0v) is 10.5. The summed E-state index contributed by atoms with van der Waals surface area (Å²) < 4.78 is 5.44. The molecule has 2 rings (SSSR count). The van der Waals surface area contributed by atoms with E-state index in [2.05, 4.69) is 5.32 Å². The predicted molar refractivity (Wildman–Crippen MR) is 72.3 cm³/mol. The number of benzene rings is 1. The maximum atomic E-state index is 11.6. The van der Waals surface area contributed by atoms with Gasteiger partial charge in [-0.25, -0.2) is 0 Å². The van der Waals surface area contributed by atoms with E-state index in [0.717, 1.165) is 0 Å². The molecule has 0 heterocycles. The Morgan fingerprint density at radius 1 is 1.33 bits per heavy atom. The molecule has 1 aliphatic carbocycles. The number of ether oxygens (including phenoxy) is 1. The van der Waals surface area contributed by atoms with Crippen molar-refractivity contribution in [3.05, 3.63) is 24.3 Å². The van der Waals surface area contributed by atoms with E-state index in [4.69, 9.17) is 10.5 Å². The number of carbonyl (C=O) groups excluding carboxylic acids is 1. The van der Waals surface area contributed by atoms with Crippen LogP contribution in [0.4, 0.5) is 11.4 Å². The van der Waals surface area contributed by atoms with Crippen LogP contribution in [0.15, 0.2) is 24.3 Å². The number of hydrogen-bond donors (Lipinski definition) is 2. The number of hydrogen-bond acceptors (Lipinski definition) is 3. The number of nitrogens with one attached hydrogen (secondary N) is 1. The summed E-state index contributed by atoms with van der Waals surface area (Å²) in [5.41, 5.74) is 6.96. The third kappa shape index (κ3) is 3.74. The number of amides is 1. The Morgan fingerprint density at radius 2 is 2.06 bits per heavy atom. The molecular weight excluding hydrogens is 228 g/mol. The van der Waals surface area contributed by atoms with E-state index in [1.807, 2.05) is 12.1 Å². The number of nitrogen functional groups attached to an aromatic ring is 1. The highest BCUT2D eigenvalue weighted by Crippen LogP contribution is 2.24. The number of rotatable bonds is 5. The molecule has 0 saturated heterocycles. The van der Waals surface area contributed by atoms with Crippen LogP contribution in [0.5, 0.6) is 0 Å². The number of anilines is 2. The van der Waals surface area contributed by atoms with Crippen LogP contribution in [0, 0.1) is 5.92 Å². The van der Waals surface area contributed by atoms with Crippen molar-refractivity contribution in [3.63, 3.8) is 0 Å². The molecule has 0 spiro atoms. The minimum atomic E-state index is -0.147. The van der Waals surface area contributed by atoms with E-state index in [9.17, 15) is 4.79 Å². The molecule has 18 heavy (non-hydrogen) atoms. The van der Waals surface area contributed by atoms with Crippen molar-refractivity contribution >= 4 is 17.3 Å². The van der Waals surface area contributed by atoms with E-state index in [1.54, 1.807) is 12.1 Å². The highest BCUT2D eigenvalue weighted by Gasteiger charge is 2.15. The zero-order chi connectivity index (χ0) is 12.8. The largest absolute Gasteiger partial charge is 0.397 e. The van der Waals surface area contributed by atoms with Crippen LogP contribution in [0.2, 0.25) is 0 Å². The zero-order valence-electron chi connectivity index (χ0n) is 10.5. The van der Waals surface area contributed by atoms with E-state index in [0.29, 0.717) is 23.9 Å². The Bertz CT molecular complexity index is 401. The van der Waals surface area contributed by atoms with Crippen molar-refractivity contribution < 1.29 is 9.53 Å². The average molecular weight is 248 g/mol. The van der Waals surface area contributed by atoms with Gasteiger partial charge in [-0.3, -0.25) is 4.79 Å². The molecule has 1 fully saturated rings. The maximum Gasteiger partial charge on any atom is 0.250 e. The van der Waals surface area contributed by atoms with Crippen LogP contribution in [0.1, 0.15) is 25.7 Å². The summed E-state index contributed by atoms with van der Waals surface area (Å²) in [5.74, 6) is 0.491. The second kappa shape index (κ2) is 6.40. The van der Waals surface area contributed by atoms with Crippen molar-refractivity contribution in [1.29, 1.82) is 0 Å². The highest BCUT2D eigenvalue weighted by molar-refractivity contribution is 5.94. The van der Waals surface area contributed by atoms with E-state index >= 15 is 0 Å². The van der Waals surface area contributed by atoms with Crippen LogP contribution in [-0.2, 0) is 9.53 Å². The first-order valence-corrected chi connectivity index (χ1v) is 6.48. The Kier molecular flexibility index (Phi) is 4.59. The molecule has 1 aromatic rings.